The Balaban J connectivity index is 1.90. The Morgan fingerprint density at radius 1 is 1.35 bits per heavy atom. The van der Waals surface area contributed by atoms with Crippen molar-refractivity contribution < 1.29 is 14.0 Å². The van der Waals surface area contributed by atoms with Gasteiger partial charge in [-0.3, -0.25) is 9.59 Å². The summed E-state index contributed by atoms with van der Waals surface area (Å²) in [5.41, 5.74) is -0.672. The summed E-state index contributed by atoms with van der Waals surface area (Å²) >= 11 is 0. The van der Waals surface area contributed by atoms with Crippen LogP contribution in [0.25, 0.3) is 0 Å². The Morgan fingerprint density at radius 2 is 2.10 bits per heavy atom. The van der Waals surface area contributed by atoms with Gasteiger partial charge in [0.1, 0.15) is 11.3 Å². The number of rotatable bonds is 2. The topological polar surface area (TPSA) is 62.6 Å². The van der Waals surface area contributed by atoms with Crippen LogP contribution in [0.4, 0.5) is 0 Å². The van der Waals surface area contributed by atoms with Crippen molar-refractivity contribution in [1.29, 1.82) is 0 Å². The van der Waals surface area contributed by atoms with Crippen LogP contribution in [-0.2, 0) is 9.59 Å². The maximum atomic E-state index is 12.9. The number of carbonyl (C=O) groups is 2. The molecule has 2 heterocycles. The lowest BCUT2D eigenvalue weighted by Gasteiger charge is -2.34. The zero-order valence-electron chi connectivity index (χ0n) is 11.7. The van der Waals surface area contributed by atoms with Gasteiger partial charge in [0.25, 0.3) is 0 Å². The van der Waals surface area contributed by atoms with E-state index in [2.05, 4.69) is 5.32 Å². The predicted octanol–water partition coefficient (Wildman–Crippen LogP) is 2.00. The molecule has 1 N–H and O–H groups in total. The third kappa shape index (κ3) is 2.11. The zero-order chi connectivity index (χ0) is 14.2. The summed E-state index contributed by atoms with van der Waals surface area (Å²) in [4.78, 5) is 26.6. The monoisotopic (exact) mass is 276 g/mol. The molecule has 20 heavy (non-hydrogen) atoms. The van der Waals surface area contributed by atoms with E-state index < -0.39 is 5.54 Å². The molecular weight excluding hydrogens is 256 g/mol. The van der Waals surface area contributed by atoms with Crippen molar-refractivity contribution in [2.45, 2.75) is 50.6 Å². The number of nitrogens with one attached hydrogen (secondary N) is 1. The van der Waals surface area contributed by atoms with Crippen LogP contribution >= 0.6 is 0 Å². The highest BCUT2D eigenvalue weighted by Gasteiger charge is 2.47. The number of nitrogens with zero attached hydrogens (tertiary/aromatic N) is 1. The van der Waals surface area contributed by atoms with E-state index in [1.807, 2.05) is 19.1 Å². The first-order chi connectivity index (χ1) is 9.62. The fourth-order valence-electron chi connectivity index (χ4n) is 3.35. The molecule has 0 bridgehead atoms. The number of carbonyl (C=O) groups excluding carboxylic acids is 2. The molecule has 0 radical (unpaired) electrons. The standard InChI is InChI=1S/C15H20N2O3/c1-11(12-5-4-10-20-12)17-9-6-13(18)16-15(14(17)19)7-2-3-8-15/h4-5,10-11H,2-3,6-9H2,1H3,(H,16,18). The molecule has 0 aromatic carbocycles. The predicted molar refractivity (Wildman–Crippen MR) is 72.8 cm³/mol. The van der Waals surface area contributed by atoms with Gasteiger partial charge in [0.05, 0.1) is 12.3 Å². The van der Waals surface area contributed by atoms with E-state index in [-0.39, 0.29) is 17.9 Å². The molecule has 2 amide bonds. The molecule has 1 aromatic rings. The van der Waals surface area contributed by atoms with Crippen LogP contribution in [0.1, 0.15) is 50.8 Å². The summed E-state index contributed by atoms with van der Waals surface area (Å²) in [5.74, 6) is 0.792. The van der Waals surface area contributed by atoms with Gasteiger partial charge in [-0.1, -0.05) is 12.8 Å². The average Bonchev–Trinajstić information content (AvgIpc) is 3.07. The van der Waals surface area contributed by atoms with Gasteiger partial charge in [-0.15, -0.1) is 0 Å². The van der Waals surface area contributed by atoms with E-state index in [4.69, 9.17) is 4.42 Å². The van der Waals surface area contributed by atoms with Crippen LogP contribution in [0.3, 0.4) is 0 Å². The largest absolute Gasteiger partial charge is 0.467 e. The molecule has 5 heteroatoms. The normalized spacial score (nSPS) is 23.8. The minimum absolute atomic E-state index is 0.0191. The quantitative estimate of drug-likeness (QED) is 0.898. The highest BCUT2D eigenvalue weighted by atomic mass is 16.3. The zero-order valence-corrected chi connectivity index (χ0v) is 11.7. The van der Waals surface area contributed by atoms with E-state index in [0.717, 1.165) is 31.4 Å². The van der Waals surface area contributed by atoms with Crippen LogP contribution < -0.4 is 5.32 Å². The van der Waals surface area contributed by atoms with Crippen molar-refractivity contribution in [2.75, 3.05) is 6.54 Å². The smallest absolute Gasteiger partial charge is 0.248 e. The van der Waals surface area contributed by atoms with E-state index >= 15 is 0 Å². The second kappa shape index (κ2) is 4.96. The summed E-state index contributed by atoms with van der Waals surface area (Å²) in [6, 6.07) is 3.56. The molecule has 1 saturated carbocycles. The van der Waals surface area contributed by atoms with E-state index in [9.17, 15) is 9.59 Å². The molecule has 1 aromatic heterocycles. The second-order valence-corrected chi connectivity index (χ2v) is 5.78. The number of furan rings is 1. The summed E-state index contributed by atoms with van der Waals surface area (Å²) in [5, 5.41) is 2.97. The van der Waals surface area contributed by atoms with Gasteiger partial charge in [0, 0.05) is 13.0 Å². The first-order valence-electron chi connectivity index (χ1n) is 7.28. The Hall–Kier alpha value is -1.78. The molecule has 3 rings (SSSR count). The SMILES string of the molecule is CC(c1ccco1)N1CCC(=O)NC2(CCCC2)C1=O. The highest BCUT2D eigenvalue weighted by Crippen LogP contribution is 2.35. The Kier molecular flexibility index (Phi) is 3.28. The maximum absolute atomic E-state index is 12.9. The van der Waals surface area contributed by atoms with Gasteiger partial charge in [-0.05, 0) is 31.9 Å². The fourth-order valence-corrected chi connectivity index (χ4v) is 3.35. The average molecular weight is 276 g/mol. The molecular formula is C15H20N2O3. The Labute approximate surface area is 118 Å². The molecule has 108 valence electrons. The molecule has 2 fully saturated rings. The summed E-state index contributed by atoms with van der Waals surface area (Å²) in [7, 11) is 0. The van der Waals surface area contributed by atoms with Crippen molar-refractivity contribution in [1.82, 2.24) is 10.2 Å². The Morgan fingerprint density at radius 3 is 2.75 bits per heavy atom. The van der Waals surface area contributed by atoms with E-state index in [1.54, 1.807) is 11.2 Å². The molecule has 5 nitrogen and oxygen atoms in total. The second-order valence-electron chi connectivity index (χ2n) is 5.78. The van der Waals surface area contributed by atoms with Crippen molar-refractivity contribution >= 4 is 11.8 Å². The van der Waals surface area contributed by atoms with Crippen molar-refractivity contribution in [3.63, 3.8) is 0 Å². The minimum atomic E-state index is -0.672. The minimum Gasteiger partial charge on any atom is -0.467 e. The molecule has 1 saturated heterocycles. The number of amides is 2. The lowest BCUT2D eigenvalue weighted by Crippen LogP contribution is -2.55. The van der Waals surface area contributed by atoms with Gasteiger partial charge >= 0.3 is 0 Å². The van der Waals surface area contributed by atoms with Crippen LogP contribution in [0.15, 0.2) is 22.8 Å². The molecule has 1 spiro atoms. The van der Waals surface area contributed by atoms with Crippen LogP contribution in [0.5, 0.6) is 0 Å². The lowest BCUT2D eigenvalue weighted by atomic mass is 9.95. The van der Waals surface area contributed by atoms with Crippen molar-refractivity contribution in [3.05, 3.63) is 24.2 Å². The van der Waals surface area contributed by atoms with Gasteiger partial charge in [-0.2, -0.15) is 0 Å². The van der Waals surface area contributed by atoms with E-state index in [0.29, 0.717) is 13.0 Å². The first kappa shape index (κ1) is 13.2. The van der Waals surface area contributed by atoms with Crippen molar-refractivity contribution in [2.24, 2.45) is 0 Å². The first-order valence-corrected chi connectivity index (χ1v) is 7.28. The van der Waals surface area contributed by atoms with Gasteiger partial charge in [0.15, 0.2) is 0 Å². The van der Waals surface area contributed by atoms with Gasteiger partial charge in [-0.25, -0.2) is 0 Å². The Bertz CT molecular complexity index is 503. The third-order valence-electron chi connectivity index (χ3n) is 4.51. The van der Waals surface area contributed by atoms with Crippen LogP contribution in [0, 0.1) is 0 Å². The molecule has 1 unspecified atom stereocenters. The molecule has 1 aliphatic heterocycles. The van der Waals surface area contributed by atoms with Gasteiger partial charge in [0.2, 0.25) is 11.8 Å². The summed E-state index contributed by atoms with van der Waals surface area (Å²) < 4.78 is 5.42. The van der Waals surface area contributed by atoms with Crippen LogP contribution in [0.2, 0.25) is 0 Å². The van der Waals surface area contributed by atoms with Gasteiger partial charge < -0.3 is 14.6 Å². The fraction of sp³-hybridized carbons (Fsp3) is 0.600. The lowest BCUT2D eigenvalue weighted by molar-refractivity contribution is -0.140. The number of hydrogen-bond acceptors (Lipinski definition) is 3. The van der Waals surface area contributed by atoms with E-state index in [1.165, 1.54) is 0 Å². The molecule has 2 aliphatic rings. The number of hydrogen-bond donors (Lipinski definition) is 1. The summed E-state index contributed by atoms with van der Waals surface area (Å²) in [6.45, 7) is 2.41. The highest BCUT2D eigenvalue weighted by molar-refractivity contribution is 5.94. The molecule has 1 aliphatic carbocycles. The van der Waals surface area contributed by atoms with Crippen molar-refractivity contribution in [3.8, 4) is 0 Å². The third-order valence-corrected chi connectivity index (χ3v) is 4.51. The summed E-state index contributed by atoms with van der Waals surface area (Å²) in [6.07, 6.45) is 5.46. The molecule has 1 atom stereocenters. The maximum Gasteiger partial charge on any atom is 0.248 e. The van der Waals surface area contributed by atoms with Crippen LogP contribution in [-0.4, -0.2) is 28.8 Å².